The maximum atomic E-state index is 9.42. The standard InChI is InChI=1S/C16H20N4O/c1-11-8-9-18-16(15(11)12(2)20-17-3)19-14-7-5-4-6-13(14)10-21/h4-9,17,21H,10H2,1-3H3,(H,18,19)/b20-12-. The average molecular weight is 284 g/mol. The van der Waals surface area contributed by atoms with Crippen molar-refractivity contribution in [3.63, 3.8) is 0 Å². The van der Waals surface area contributed by atoms with Gasteiger partial charge >= 0.3 is 0 Å². The monoisotopic (exact) mass is 284 g/mol. The second-order valence-electron chi connectivity index (χ2n) is 4.71. The van der Waals surface area contributed by atoms with Crippen LogP contribution in [0.25, 0.3) is 0 Å². The van der Waals surface area contributed by atoms with Gasteiger partial charge in [-0.3, -0.25) is 0 Å². The van der Waals surface area contributed by atoms with Crippen molar-refractivity contribution in [2.45, 2.75) is 20.5 Å². The molecule has 0 radical (unpaired) electrons. The molecule has 0 unspecified atom stereocenters. The Morgan fingerprint density at radius 1 is 1.29 bits per heavy atom. The van der Waals surface area contributed by atoms with Crippen LogP contribution in [0.3, 0.4) is 0 Å². The van der Waals surface area contributed by atoms with E-state index < -0.39 is 0 Å². The van der Waals surface area contributed by atoms with Crippen LogP contribution in [0.1, 0.15) is 23.6 Å². The number of benzene rings is 1. The van der Waals surface area contributed by atoms with E-state index in [1.54, 1.807) is 13.2 Å². The van der Waals surface area contributed by atoms with Crippen LogP contribution in [0, 0.1) is 6.92 Å². The van der Waals surface area contributed by atoms with Crippen LogP contribution in [0.4, 0.5) is 11.5 Å². The molecular formula is C16H20N4O. The van der Waals surface area contributed by atoms with Crippen molar-refractivity contribution in [2.24, 2.45) is 5.10 Å². The van der Waals surface area contributed by atoms with E-state index in [1.807, 2.05) is 44.2 Å². The van der Waals surface area contributed by atoms with E-state index in [1.165, 1.54) is 0 Å². The highest BCUT2D eigenvalue weighted by Crippen LogP contribution is 2.24. The van der Waals surface area contributed by atoms with E-state index in [4.69, 9.17) is 0 Å². The van der Waals surface area contributed by atoms with Gasteiger partial charge in [0.2, 0.25) is 0 Å². The molecule has 5 heteroatoms. The van der Waals surface area contributed by atoms with Crippen LogP contribution in [-0.4, -0.2) is 22.8 Å². The smallest absolute Gasteiger partial charge is 0.139 e. The third-order valence-corrected chi connectivity index (χ3v) is 3.24. The van der Waals surface area contributed by atoms with Gasteiger partial charge in [0.25, 0.3) is 0 Å². The first-order valence-corrected chi connectivity index (χ1v) is 6.80. The van der Waals surface area contributed by atoms with Crippen molar-refractivity contribution < 1.29 is 5.11 Å². The van der Waals surface area contributed by atoms with Gasteiger partial charge in [-0.25, -0.2) is 4.98 Å². The maximum Gasteiger partial charge on any atom is 0.139 e. The molecule has 110 valence electrons. The number of pyridine rings is 1. The number of hydrazone groups is 1. The number of aliphatic hydroxyl groups excluding tert-OH is 1. The molecule has 0 spiro atoms. The SMILES string of the molecule is CN/N=C(/C)c1c(C)ccnc1Nc1ccccc1CO. The Morgan fingerprint density at radius 2 is 2.05 bits per heavy atom. The number of hydrogen-bond donors (Lipinski definition) is 3. The molecular weight excluding hydrogens is 264 g/mol. The minimum atomic E-state index is -0.0199. The minimum absolute atomic E-state index is 0.0199. The number of anilines is 2. The Morgan fingerprint density at radius 3 is 2.76 bits per heavy atom. The Kier molecular flexibility index (Phi) is 4.90. The first-order valence-electron chi connectivity index (χ1n) is 6.80. The molecule has 21 heavy (non-hydrogen) atoms. The number of nitrogens with zero attached hydrogens (tertiary/aromatic N) is 2. The van der Waals surface area contributed by atoms with Crippen molar-refractivity contribution in [3.8, 4) is 0 Å². The second-order valence-corrected chi connectivity index (χ2v) is 4.71. The summed E-state index contributed by atoms with van der Waals surface area (Å²) in [4.78, 5) is 4.41. The van der Waals surface area contributed by atoms with Crippen LogP contribution in [-0.2, 0) is 6.61 Å². The van der Waals surface area contributed by atoms with Gasteiger partial charge in [0.05, 0.1) is 12.3 Å². The van der Waals surface area contributed by atoms with Crippen molar-refractivity contribution in [1.29, 1.82) is 0 Å². The summed E-state index contributed by atoms with van der Waals surface area (Å²) >= 11 is 0. The minimum Gasteiger partial charge on any atom is -0.392 e. The molecule has 1 heterocycles. The first kappa shape index (κ1) is 15.0. The highest BCUT2D eigenvalue weighted by molar-refractivity contribution is 6.04. The average Bonchev–Trinajstić information content (AvgIpc) is 2.48. The van der Waals surface area contributed by atoms with E-state index in [2.05, 4.69) is 20.8 Å². The lowest BCUT2D eigenvalue weighted by molar-refractivity contribution is 0.282. The summed E-state index contributed by atoms with van der Waals surface area (Å²) in [6.07, 6.45) is 1.76. The Hall–Kier alpha value is -2.40. The predicted octanol–water partition coefficient (Wildman–Crippen LogP) is 2.57. The predicted molar refractivity (Wildman–Crippen MR) is 85.9 cm³/mol. The van der Waals surface area contributed by atoms with Crippen LogP contribution >= 0.6 is 0 Å². The molecule has 1 aromatic heterocycles. The molecule has 5 nitrogen and oxygen atoms in total. The quantitative estimate of drug-likeness (QED) is 0.583. The normalized spacial score (nSPS) is 11.3. The molecule has 0 amide bonds. The highest BCUT2D eigenvalue weighted by Gasteiger charge is 2.12. The summed E-state index contributed by atoms with van der Waals surface area (Å²) in [5.74, 6) is 0.729. The van der Waals surface area contributed by atoms with Crippen LogP contribution in [0.2, 0.25) is 0 Å². The molecule has 0 aliphatic carbocycles. The number of aromatic nitrogens is 1. The summed E-state index contributed by atoms with van der Waals surface area (Å²) < 4.78 is 0. The van der Waals surface area contributed by atoms with Gasteiger partial charge in [0, 0.05) is 30.1 Å². The van der Waals surface area contributed by atoms with Crippen LogP contribution in [0.5, 0.6) is 0 Å². The number of aryl methyl sites for hydroxylation is 1. The topological polar surface area (TPSA) is 69.5 Å². The number of para-hydroxylation sites is 1. The molecule has 0 aliphatic heterocycles. The maximum absolute atomic E-state index is 9.42. The van der Waals surface area contributed by atoms with E-state index >= 15 is 0 Å². The van der Waals surface area contributed by atoms with Gasteiger partial charge in [0.15, 0.2) is 0 Å². The zero-order valence-corrected chi connectivity index (χ0v) is 12.5. The van der Waals surface area contributed by atoms with E-state index in [0.717, 1.165) is 33.9 Å². The Bertz CT molecular complexity index is 652. The summed E-state index contributed by atoms with van der Waals surface area (Å²) in [7, 11) is 1.77. The summed E-state index contributed by atoms with van der Waals surface area (Å²) in [5.41, 5.74) is 7.37. The van der Waals surface area contributed by atoms with Gasteiger partial charge in [-0.15, -0.1) is 0 Å². The largest absolute Gasteiger partial charge is 0.392 e. The van der Waals surface area contributed by atoms with Gasteiger partial charge < -0.3 is 15.8 Å². The Balaban J connectivity index is 2.45. The number of aliphatic hydroxyl groups is 1. The fourth-order valence-electron chi connectivity index (χ4n) is 2.24. The van der Waals surface area contributed by atoms with Gasteiger partial charge in [0.1, 0.15) is 5.82 Å². The number of rotatable bonds is 5. The highest BCUT2D eigenvalue weighted by atomic mass is 16.3. The van der Waals surface area contributed by atoms with E-state index in [9.17, 15) is 5.11 Å². The lowest BCUT2D eigenvalue weighted by atomic mass is 10.1. The van der Waals surface area contributed by atoms with E-state index in [0.29, 0.717) is 0 Å². The van der Waals surface area contributed by atoms with Crippen molar-refractivity contribution in [2.75, 3.05) is 12.4 Å². The van der Waals surface area contributed by atoms with Gasteiger partial charge in [-0.1, -0.05) is 18.2 Å². The second kappa shape index (κ2) is 6.85. The molecule has 0 saturated carbocycles. The molecule has 2 rings (SSSR count). The molecule has 0 saturated heterocycles. The molecule has 2 aromatic rings. The molecule has 0 bridgehead atoms. The van der Waals surface area contributed by atoms with Crippen molar-refractivity contribution in [3.05, 3.63) is 53.2 Å². The fraction of sp³-hybridized carbons (Fsp3) is 0.250. The lowest BCUT2D eigenvalue weighted by Crippen LogP contribution is -2.10. The molecule has 1 aromatic carbocycles. The van der Waals surface area contributed by atoms with Gasteiger partial charge in [-0.05, 0) is 31.5 Å². The summed E-state index contributed by atoms with van der Waals surface area (Å²) in [6, 6.07) is 9.57. The number of hydrogen-bond acceptors (Lipinski definition) is 5. The fourth-order valence-corrected chi connectivity index (χ4v) is 2.24. The van der Waals surface area contributed by atoms with Gasteiger partial charge in [-0.2, -0.15) is 5.10 Å². The lowest BCUT2D eigenvalue weighted by Gasteiger charge is -2.15. The zero-order chi connectivity index (χ0) is 15.2. The van der Waals surface area contributed by atoms with E-state index in [-0.39, 0.29) is 6.61 Å². The first-order chi connectivity index (χ1) is 10.2. The van der Waals surface area contributed by atoms with Crippen molar-refractivity contribution in [1.82, 2.24) is 10.4 Å². The molecule has 0 aliphatic rings. The molecule has 0 atom stereocenters. The van der Waals surface area contributed by atoms with Crippen molar-refractivity contribution >= 4 is 17.2 Å². The van der Waals surface area contributed by atoms with Crippen LogP contribution < -0.4 is 10.7 Å². The Labute approximate surface area is 124 Å². The molecule has 0 fully saturated rings. The summed E-state index contributed by atoms with van der Waals surface area (Å²) in [5, 5.41) is 16.9. The zero-order valence-electron chi connectivity index (χ0n) is 12.5. The van der Waals surface area contributed by atoms with Crippen LogP contribution in [0.15, 0.2) is 41.6 Å². The third kappa shape index (κ3) is 3.38. The third-order valence-electron chi connectivity index (χ3n) is 3.24. The molecule has 3 N–H and O–H groups in total. The number of nitrogens with one attached hydrogen (secondary N) is 2. The summed E-state index contributed by atoms with van der Waals surface area (Å²) in [6.45, 7) is 3.94.